The summed E-state index contributed by atoms with van der Waals surface area (Å²) in [5.41, 5.74) is -0.0453. The number of amides is 2. The van der Waals surface area contributed by atoms with E-state index in [1.807, 2.05) is 0 Å². The van der Waals surface area contributed by atoms with Gasteiger partial charge in [0.15, 0.2) is 0 Å². The van der Waals surface area contributed by atoms with Crippen LogP contribution in [0.5, 0.6) is 0 Å². The highest BCUT2D eigenvalue weighted by Gasteiger charge is 2.53. The van der Waals surface area contributed by atoms with Crippen LogP contribution in [0.15, 0.2) is 42.5 Å². The van der Waals surface area contributed by atoms with Crippen molar-refractivity contribution < 1.29 is 22.4 Å². The average Bonchev–Trinajstić information content (AvgIpc) is 3.42. The summed E-state index contributed by atoms with van der Waals surface area (Å²) in [6.45, 7) is -1.42. The molecule has 2 aliphatic rings. The maximum atomic E-state index is 13.6. The largest absolute Gasteiger partial charge is 0.406 e. The number of nitrogens with zero attached hydrogens (tertiary/aromatic N) is 1. The molecule has 0 bridgehead atoms. The first-order valence-electron chi connectivity index (χ1n) is 8.90. The molecule has 0 radical (unpaired) electrons. The van der Waals surface area contributed by atoms with Crippen molar-refractivity contribution in [2.45, 2.75) is 31.0 Å². The van der Waals surface area contributed by atoms with Crippen LogP contribution in [-0.2, 0) is 5.54 Å². The van der Waals surface area contributed by atoms with Crippen LogP contribution in [0.2, 0.25) is 5.02 Å². The van der Waals surface area contributed by atoms with Gasteiger partial charge in [0, 0.05) is 16.3 Å². The van der Waals surface area contributed by atoms with Gasteiger partial charge in [0.1, 0.15) is 12.4 Å². The van der Waals surface area contributed by atoms with Crippen LogP contribution < -0.4 is 5.32 Å². The summed E-state index contributed by atoms with van der Waals surface area (Å²) in [4.78, 5) is 13.6. The lowest BCUT2D eigenvalue weighted by Crippen LogP contribution is -2.58. The molecule has 4 rings (SSSR count). The Hall–Kier alpha value is -2.28. The summed E-state index contributed by atoms with van der Waals surface area (Å²) >= 11 is 6.17. The lowest BCUT2D eigenvalue weighted by Gasteiger charge is -2.49. The molecule has 0 unspecified atom stereocenters. The molecule has 0 spiro atoms. The number of carbonyl (C=O) groups excluding carboxylic acids is 1. The summed E-state index contributed by atoms with van der Waals surface area (Å²) < 4.78 is 53.9. The van der Waals surface area contributed by atoms with Crippen molar-refractivity contribution >= 4 is 23.3 Å². The van der Waals surface area contributed by atoms with Gasteiger partial charge in [0.05, 0.1) is 5.54 Å². The number of rotatable bonds is 4. The van der Waals surface area contributed by atoms with E-state index in [-0.39, 0.29) is 5.92 Å². The van der Waals surface area contributed by atoms with Crippen LogP contribution >= 0.6 is 11.6 Å². The predicted octanol–water partition coefficient (Wildman–Crippen LogP) is 5.93. The number of alkyl halides is 3. The Morgan fingerprint density at radius 3 is 2.43 bits per heavy atom. The van der Waals surface area contributed by atoms with Crippen LogP contribution in [0.3, 0.4) is 0 Å². The quantitative estimate of drug-likeness (QED) is 0.620. The van der Waals surface area contributed by atoms with Crippen LogP contribution in [0.4, 0.5) is 28.0 Å². The van der Waals surface area contributed by atoms with Crippen molar-refractivity contribution in [2.75, 3.05) is 11.9 Å². The van der Waals surface area contributed by atoms with Crippen molar-refractivity contribution in [1.82, 2.24) is 4.90 Å². The van der Waals surface area contributed by atoms with Crippen LogP contribution in [0.1, 0.15) is 30.4 Å². The molecule has 0 saturated heterocycles. The second kappa shape index (κ2) is 6.65. The number of hydrogen-bond donors (Lipinski definition) is 1. The molecular formula is C20H17ClF4N2O. The minimum absolute atomic E-state index is 0.179. The molecule has 1 aliphatic carbocycles. The Morgan fingerprint density at radius 2 is 1.82 bits per heavy atom. The summed E-state index contributed by atoms with van der Waals surface area (Å²) in [6.07, 6.45) is -2.53. The SMILES string of the molecule is O=C1Nc2ccc(Cl)cc2[C@](CC2CC2)(c2ccc(F)cc2)N1CC(F)(F)F. The maximum absolute atomic E-state index is 13.6. The lowest BCUT2D eigenvalue weighted by molar-refractivity contribution is -0.149. The highest BCUT2D eigenvalue weighted by Crippen LogP contribution is 2.52. The third-order valence-corrected chi connectivity index (χ3v) is 5.55. The molecule has 2 aromatic rings. The van der Waals surface area contributed by atoms with Crippen LogP contribution in [-0.4, -0.2) is 23.7 Å². The van der Waals surface area contributed by atoms with Gasteiger partial charge in [-0.2, -0.15) is 13.2 Å². The van der Waals surface area contributed by atoms with E-state index in [2.05, 4.69) is 5.32 Å². The highest BCUT2D eigenvalue weighted by atomic mass is 35.5. The lowest BCUT2D eigenvalue weighted by atomic mass is 9.75. The van der Waals surface area contributed by atoms with Crippen molar-refractivity contribution in [1.29, 1.82) is 0 Å². The van der Waals surface area contributed by atoms with E-state index in [4.69, 9.17) is 11.6 Å². The number of benzene rings is 2. The number of carbonyl (C=O) groups is 1. The summed E-state index contributed by atoms with van der Waals surface area (Å²) in [7, 11) is 0. The van der Waals surface area contributed by atoms with Gasteiger partial charge in [-0.25, -0.2) is 9.18 Å². The fourth-order valence-corrected chi connectivity index (χ4v) is 4.14. The van der Waals surface area contributed by atoms with Gasteiger partial charge in [-0.1, -0.05) is 36.6 Å². The van der Waals surface area contributed by atoms with E-state index < -0.39 is 30.1 Å². The van der Waals surface area contributed by atoms with Gasteiger partial charge in [-0.3, -0.25) is 0 Å². The topological polar surface area (TPSA) is 32.3 Å². The molecule has 1 atom stereocenters. The monoisotopic (exact) mass is 412 g/mol. The molecule has 8 heteroatoms. The summed E-state index contributed by atoms with van der Waals surface area (Å²) in [5, 5.41) is 2.89. The zero-order chi connectivity index (χ0) is 20.1. The molecular weight excluding hydrogens is 396 g/mol. The number of urea groups is 1. The third kappa shape index (κ3) is 3.43. The second-order valence-corrected chi connectivity index (χ2v) is 7.77. The fraction of sp³-hybridized carbons (Fsp3) is 0.350. The fourth-order valence-electron chi connectivity index (χ4n) is 3.97. The zero-order valence-corrected chi connectivity index (χ0v) is 15.4. The van der Waals surface area contributed by atoms with Gasteiger partial charge in [-0.05, 0) is 48.2 Å². The molecule has 28 heavy (non-hydrogen) atoms. The summed E-state index contributed by atoms with van der Waals surface area (Å²) in [6, 6.07) is 9.22. The van der Waals surface area contributed by atoms with E-state index in [9.17, 15) is 22.4 Å². The van der Waals surface area contributed by atoms with E-state index in [1.165, 1.54) is 24.3 Å². The third-order valence-electron chi connectivity index (χ3n) is 5.31. The Bertz CT molecular complexity index is 911. The predicted molar refractivity (Wildman–Crippen MR) is 97.8 cm³/mol. The summed E-state index contributed by atoms with van der Waals surface area (Å²) in [5.74, 6) is -0.321. The first kappa shape index (κ1) is 19.1. The van der Waals surface area contributed by atoms with Crippen molar-refractivity contribution in [3.05, 3.63) is 64.4 Å². The molecule has 1 aliphatic heterocycles. The molecule has 148 valence electrons. The first-order valence-corrected chi connectivity index (χ1v) is 9.28. The van der Waals surface area contributed by atoms with Gasteiger partial charge >= 0.3 is 12.2 Å². The zero-order valence-electron chi connectivity index (χ0n) is 14.7. The maximum Gasteiger partial charge on any atom is 0.406 e. The first-order chi connectivity index (χ1) is 13.2. The Kier molecular flexibility index (Phi) is 4.53. The van der Waals surface area contributed by atoms with Crippen molar-refractivity contribution in [2.24, 2.45) is 5.92 Å². The van der Waals surface area contributed by atoms with Crippen LogP contribution in [0.25, 0.3) is 0 Å². The minimum atomic E-state index is -4.59. The number of fused-ring (bicyclic) bond motifs is 1. The van der Waals surface area contributed by atoms with E-state index in [1.54, 1.807) is 18.2 Å². The number of anilines is 1. The number of hydrogen-bond acceptors (Lipinski definition) is 1. The minimum Gasteiger partial charge on any atom is -0.307 e. The standard InChI is InChI=1S/C20H17ClF4N2O/c21-14-5-8-17-16(9-14)19(10-12-1-2-12,13-3-6-15(22)7-4-13)27(18(28)26-17)11-20(23,24)25/h3-9,12H,1-2,10-11H2,(H,26,28)/t19-/m0/s1. The molecule has 3 nitrogen and oxygen atoms in total. The Balaban J connectivity index is 1.98. The van der Waals surface area contributed by atoms with Gasteiger partial charge in [0.2, 0.25) is 0 Å². The van der Waals surface area contributed by atoms with Crippen LogP contribution in [0, 0.1) is 11.7 Å². The van der Waals surface area contributed by atoms with E-state index in [0.29, 0.717) is 28.3 Å². The van der Waals surface area contributed by atoms with Crippen molar-refractivity contribution in [3.63, 3.8) is 0 Å². The Morgan fingerprint density at radius 1 is 1.14 bits per heavy atom. The number of halogens is 5. The molecule has 1 saturated carbocycles. The van der Waals surface area contributed by atoms with E-state index >= 15 is 0 Å². The molecule has 2 amide bonds. The smallest absolute Gasteiger partial charge is 0.307 e. The molecule has 1 N–H and O–H groups in total. The van der Waals surface area contributed by atoms with Gasteiger partial charge in [-0.15, -0.1) is 0 Å². The normalized spacial score (nSPS) is 22.0. The molecule has 1 fully saturated rings. The average molecular weight is 413 g/mol. The Labute approximate surface area is 164 Å². The molecule has 0 aromatic heterocycles. The molecule has 1 heterocycles. The van der Waals surface area contributed by atoms with E-state index in [0.717, 1.165) is 17.7 Å². The van der Waals surface area contributed by atoms with Gasteiger partial charge < -0.3 is 10.2 Å². The number of nitrogens with one attached hydrogen (secondary N) is 1. The van der Waals surface area contributed by atoms with Crippen molar-refractivity contribution in [3.8, 4) is 0 Å². The highest BCUT2D eigenvalue weighted by molar-refractivity contribution is 6.30. The second-order valence-electron chi connectivity index (χ2n) is 7.34. The molecule has 2 aromatic carbocycles. The van der Waals surface area contributed by atoms with Gasteiger partial charge in [0.25, 0.3) is 0 Å².